The van der Waals surface area contributed by atoms with Gasteiger partial charge < -0.3 is 10.6 Å². The molecule has 0 heterocycles. The van der Waals surface area contributed by atoms with Crippen LogP contribution >= 0.6 is 0 Å². The Labute approximate surface area is 113 Å². The molecular formula is C16H32N2. The molecule has 18 heavy (non-hydrogen) atoms. The summed E-state index contributed by atoms with van der Waals surface area (Å²) in [5.74, 6) is 2.70. The van der Waals surface area contributed by atoms with E-state index in [1.165, 1.54) is 58.0 Å². The van der Waals surface area contributed by atoms with E-state index >= 15 is 0 Å². The fraction of sp³-hybridized carbons (Fsp3) is 1.00. The molecule has 2 rings (SSSR count). The topological polar surface area (TPSA) is 29.3 Å². The first-order chi connectivity index (χ1) is 8.74. The summed E-state index contributed by atoms with van der Waals surface area (Å²) in [5, 5.41) is 0. The highest BCUT2D eigenvalue weighted by molar-refractivity contribution is 4.87. The molecule has 2 unspecified atom stereocenters. The number of nitrogens with zero attached hydrogens (tertiary/aromatic N) is 1. The summed E-state index contributed by atoms with van der Waals surface area (Å²) < 4.78 is 0. The first kappa shape index (κ1) is 14.3. The third kappa shape index (κ3) is 3.48. The minimum Gasteiger partial charge on any atom is -0.330 e. The van der Waals surface area contributed by atoms with E-state index in [4.69, 9.17) is 5.73 Å². The smallest absolute Gasteiger partial charge is 0.0135 e. The maximum atomic E-state index is 5.94. The van der Waals surface area contributed by atoms with E-state index in [-0.39, 0.29) is 0 Å². The molecule has 0 aliphatic heterocycles. The van der Waals surface area contributed by atoms with Crippen molar-refractivity contribution in [3.05, 3.63) is 0 Å². The lowest BCUT2D eigenvalue weighted by molar-refractivity contribution is 0.124. The average Bonchev–Trinajstić information content (AvgIpc) is 2.86. The van der Waals surface area contributed by atoms with E-state index in [0.717, 1.165) is 30.3 Å². The van der Waals surface area contributed by atoms with E-state index in [9.17, 15) is 0 Å². The molecule has 2 aliphatic rings. The van der Waals surface area contributed by atoms with Crippen LogP contribution in [-0.2, 0) is 0 Å². The molecule has 0 aromatic rings. The lowest BCUT2D eigenvalue weighted by atomic mass is 9.82. The fourth-order valence-electron chi connectivity index (χ4n) is 4.12. The van der Waals surface area contributed by atoms with Gasteiger partial charge in [-0.05, 0) is 56.5 Å². The molecule has 0 bridgehead atoms. The highest BCUT2D eigenvalue weighted by atomic mass is 15.2. The zero-order chi connectivity index (χ0) is 13.0. The predicted octanol–water partition coefficient (Wildman–Crippen LogP) is 3.26. The number of hydrogen-bond donors (Lipinski definition) is 1. The van der Waals surface area contributed by atoms with Crippen LogP contribution in [0.25, 0.3) is 0 Å². The summed E-state index contributed by atoms with van der Waals surface area (Å²) in [6.07, 6.45) is 9.96. The molecule has 2 N–H and O–H groups in total. The van der Waals surface area contributed by atoms with E-state index in [1.54, 1.807) is 0 Å². The van der Waals surface area contributed by atoms with Crippen molar-refractivity contribution in [3.8, 4) is 0 Å². The molecular weight excluding hydrogens is 220 g/mol. The quantitative estimate of drug-likeness (QED) is 0.814. The highest BCUT2D eigenvalue weighted by Crippen LogP contribution is 2.33. The van der Waals surface area contributed by atoms with Gasteiger partial charge in [-0.15, -0.1) is 0 Å². The minimum atomic E-state index is 0.771. The van der Waals surface area contributed by atoms with Crippen LogP contribution in [0.4, 0.5) is 0 Å². The Morgan fingerprint density at radius 2 is 1.78 bits per heavy atom. The fourth-order valence-corrected chi connectivity index (χ4v) is 4.12. The monoisotopic (exact) mass is 252 g/mol. The van der Waals surface area contributed by atoms with Gasteiger partial charge in [0.1, 0.15) is 0 Å². The summed E-state index contributed by atoms with van der Waals surface area (Å²) >= 11 is 0. The third-order valence-electron chi connectivity index (χ3n) is 5.43. The highest BCUT2D eigenvalue weighted by Gasteiger charge is 2.32. The van der Waals surface area contributed by atoms with E-state index in [1.807, 2.05) is 0 Å². The zero-order valence-corrected chi connectivity index (χ0v) is 12.4. The van der Waals surface area contributed by atoms with Gasteiger partial charge in [-0.25, -0.2) is 0 Å². The minimum absolute atomic E-state index is 0.771. The van der Waals surface area contributed by atoms with E-state index < -0.39 is 0 Å². The van der Waals surface area contributed by atoms with Crippen molar-refractivity contribution >= 4 is 0 Å². The second kappa shape index (κ2) is 6.91. The molecule has 2 heteroatoms. The Hall–Kier alpha value is -0.0800. The molecule has 0 radical (unpaired) electrons. The van der Waals surface area contributed by atoms with Gasteiger partial charge in [-0.1, -0.05) is 33.1 Å². The molecule has 2 nitrogen and oxygen atoms in total. The molecule has 2 saturated carbocycles. The van der Waals surface area contributed by atoms with Crippen LogP contribution in [0.15, 0.2) is 0 Å². The molecule has 0 aromatic heterocycles. The Morgan fingerprint density at radius 1 is 1.06 bits per heavy atom. The number of hydrogen-bond acceptors (Lipinski definition) is 2. The SMILES string of the molecule is CCN(CC1CCC(C)CC1)C1CCCC1CN. The van der Waals surface area contributed by atoms with Gasteiger partial charge in [-0.3, -0.25) is 0 Å². The first-order valence-electron chi connectivity index (χ1n) is 8.18. The van der Waals surface area contributed by atoms with Crippen LogP contribution in [-0.4, -0.2) is 30.6 Å². The molecule has 106 valence electrons. The van der Waals surface area contributed by atoms with Gasteiger partial charge in [0.25, 0.3) is 0 Å². The predicted molar refractivity (Wildman–Crippen MR) is 78.6 cm³/mol. The standard InChI is InChI=1S/C16H32N2/c1-3-18(16-6-4-5-15(16)11-17)12-14-9-7-13(2)8-10-14/h13-16H,3-12,17H2,1-2H3. The van der Waals surface area contributed by atoms with Crippen LogP contribution in [0.3, 0.4) is 0 Å². The van der Waals surface area contributed by atoms with Crippen molar-refractivity contribution in [2.75, 3.05) is 19.6 Å². The Kier molecular flexibility index (Phi) is 5.50. The van der Waals surface area contributed by atoms with Crippen LogP contribution in [0.5, 0.6) is 0 Å². The molecule has 2 aliphatic carbocycles. The molecule has 0 aromatic carbocycles. The maximum Gasteiger partial charge on any atom is 0.0135 e. The van der Waals surface area contributed by atoms with Gasteiger partial charge in [0.2, 0.25) is 0 Å². The van der Waals surface area contributed by atoms with Crippen LogP contribution < -0.4 is 5.73 Å². The van der Waals surface area contributed by atoms with Crippen molar-refractivity contribution in [2.24, 2.45) is 23.5 Å². The van der Waals surface area contributed by atoms with Crippen LogP contribution in [0.1, 0.15) is 58.8 Å². The van der Waals surface area contributed by atoms with Gasteiger partial charge in [-0.2, -0.15) is 0 Å². The van der Waals surface area contributed by atoms with Gasteiger partial charge >= 0.3 is 0 Å². The van der Waals surface area contributed by atoms with E-state index in [2.05, 4.69) is 18.7 Å². The largest absolute Gasteiger partial charge is 0.330 e. The summed E-state index contributed by atoms with van der Waals surface area (Å²) in [7, 11) is 0. The molecule has 0 amide bonds. The van der Waals surface area contributed by atoms with Crippen molar-refractivity contribution in [1.29, 1.82) is 0 Å². The summed E-state index contributed by atoms with van der Waals surface area (Å²) in [5.41, 5.74) is 5.94. The Morgan fingerprint density at radius 3 is 2.39 bits per heavy atom. The van der Waals surface area contributed by atoms with Crippen molar-refractivity contribution in [3.63, 3.8) is 0 Å². The molecule has 2 fully saturated rings. The van der Waals surface area contributed by atoms with Crippen molar-refractivity contribution in [2.45, 2.75) is 64.8 Å². The molecule has 0 saturated heterocycles. The van der Waals surface area contributed by atoms with Crippen molar-refractivity contribution in [1.82, 2.24) is 4.90 Å². The summed E-state index contributed by atoms with van der Waals surface area (Å²) in [6, 6.07) is 0.791. The molecule has 2 atom stereocenters. The van der Waals surface area contributed by atoms with Crippen LogP contribution in [0.2, 0.25) is 0 Å². The lowest BCUT2D eigenvalue weighted by Crippen LogP contribution is -2.43. The number of rotatable bonds is 5. The summed E-state index contributed by atoms with van der Waals surface area (Å²) in [6.45, 7) is 8.19. The average molecular weight is 252 g/mol. The zero-order valence-electron chi connectivity index (χ0n) is 12.4. The first-order valence-corrected chi connectivity index (χ1v) is 8.18. The summed E-state index contributed by atoms with van der Waals surface area (Å²) in [4.78, 5) is 2.76. The molecule has 0 spiro atoms. The second-order valence-electron chi connectivity index (χ2n) is 6.71. The maximum absolute atomic E-state index is 5.94. The Balaban J connectivity index is 1.85. The van der Waals surface area contributed by atoms with Crippen LogP contribution in [0, 0.1) is 17.8 Å². The van der Waals surface area contributed by atoms with Gasteiger partial charge in [0.15, 0.2) is 0 Å². The Bertz CT molecular complexity index is 233. The number of nitrogens with two attached hydrogens (primary N) is 1. The normalized spacial score (nSPS) is 37.3. The van der Waals surface area contributed by atoms with Gasteiger partial charge in [0, 0.05) is 12.6 Å². The second-order valence-corrected chi connectivity index (χ2v) is 6.71. The van der Waals surface area contributed by atoms with Gasteiger partial charge in [0.05, 0.1) is 0 Å². The lowest BCUT2D eigenvalue weighted by Gasteiger charge is -2.36. The van der Waals surface area contributed by atoms with Crippen molar-refractivity contribution < 1.29 is 0 Å². The third-order valence-corrected chi connectivity index (χ3v) is 5.43. The van der Waals surface area contributed by atoms with E-state index in [0.29, 0.717) is 0 Å².